The number of nitrogens with one attached hydrogen (secondary N) is 1. The summed E-state index contributed by atoms with van der Waals surface area (Å²) < 4.78 is 0. The number of fused-ring (bicyclic) bond motifs is 1. The molecule has 0 aromatic heterocycles. The fraction of sp³-hybridized carbons (Fsp3) is 0.579. The van der Waals surface area contributed by atoms with E-state index in [1.807, 2.05) is 11.8 Å². The number of allylic oxidation sites excluding steroid dienone is 1. The van der Waals surface area contributed by atoms with Crippen LogP contribution < -0.4 is 5.32 Å². The molecular weight excluding hydrogens is 274 g/mol. The standard InChI is InChI=1S/C19H27NS/c1-2-20-19(15-10-6-4-3-5-7-11-15)17-14-21-18-13-9-8-12-16(17)18/h8-10,12-13,17,19-20H,2-7,11,14H2,1H3/b15-10+. The summed E-state index contributed by atoms with van der Waals surface area (Å²) in [7, 11) is 0. The largest absolute Gasteiger partial charge is 0.310 e. The van der Waals surface area contributed by atoms with Crippen molar-refractivity contribution in [2.24, 2.45) is 0 Å². The molecule has 0 bridgehead atoms. The maximum atomic E-state index is 3.80. The van der Waals surface area contributed by atoms with Gasteiger partial charge in [0.05, 0.1) is 0 Å². The van der Waals surface area contributed by atoms with Crippen molar-refractivity contribution in [3.63, 3.8) is 0 Å². The van der Waals surface area contributed by atoms with Crippen LogP contribution in [0.2, 0.25) is 0 Å². The Labute approximate surface area is 133 Å². The molecule has 1 heterocycles. The summed E-state index contributed by atoms with van der Waals surface area (Å²) in [5.41, 5.74) is 3.25. The van der Waals surface area contributed by atoms with Gasteiger partial charge < -0.3 is 5.32 Å². The Morgan fingerprint density at radius 3 is 2.95 bits per heavy atom. The second-order valence-electron chi connectivity index (χ2n) is 6.22. The molecule has 0 saturated carbocycles. The third kappa shape index (κ3) is 3.54. The summed E-state index contributed by atoms with van der Waals surface area (Å²) in [5.74, 6) is 1.88. The zero-order chi connectivity index (χ0) is 14.5. The van der Waals surface area contributed by atoms with Gasteiger partial charge in [0.2, 0.25) is 0 Å². The predicted molar refractivity (Wildman–Crippen MR) is 93.2 cm³/mol. The monoisotopic (exact) mass is 301 g/mol. The van der Waals surface area contributed by atoms with E-state index < -0.39 is 0 Å². The first-order chi connectivity index (χ1) is 10.4. The molecule has 1 nitrogen and oxygen atoms in total. The van der Waals surface area contributed by atoms with Crippen LogP contribution >= 0.6 is 11.8 Å². The summed E-state index contributed by atoms with van der Waals surface area (Å²) in [4.78, 5) is 1.50. The minimum absolute atomic E-state index is 0.546. The van der Waals surface area contributed by atoms with Crippen molar-refractivity contribution in [3.05, 3.63) is 41.5 Å². The fourth-order valence-electron chi connectivity index (χ4n) is 3.71. The number of benzene rings is 1. The predicted octanol–water partition coefficient (Wildman–Crippen LogP) is 5.13. The molecule has 1 aliphatic carbocycles. The maximum Gasteiger partial charge on any atom is 0.0356 e. The molecule has 2 atom stereocenters. The molecule has 1 aromatic rings. The molecule has 114 valence electrons. The van der Waals surface area contributed by atoms with E-state index in [-0.39, 0.29) is 0 Å². The number of rotatable bonds is 4. The van der Waals surface area contributed by atoms with E-state index in [1.54, 1.807) is 11.1 Å². The average molecular weight is 301 g/mol. The molecule has 0 fully saturated rings. The maximum absolute atomic E-state index is 3.80. The van der Waals surface area contributed by atoms with Gasteiger partial charge >= 0.3 is 0 Å². The van der Waals surface area contributed by atoms with Crippen LogP contribution in [-0.2, 0) is 0 Å². The van der Waals surface area contributed by atoms with Crippen LogP contribution in [0.4, 0.5) is 0 Å². The van der Waals surface area contributed by atoms with Crippen molar-refractivity contribution in [2.45, 2.75) is 62.3 Å². The third-order valence-electron chi connectivity index (χ3n) is 4.79. The Morgan fingerprint density at radius 1 is 1.19 bits per heavy atom. The highest BCUT2D eigenvalue weighted by molar-refractivity contribution is 7.99. The molecule has 0 saturated heterocycles. The fourth-order valence-corrected chi connectivity index (χ4v) is 5.01. The number of hydrogen-bond donors (Lipinski definition) is 1. The zero-order valence-corrected chi connectivity index (χ0v) is 13.9. The second-order valence-corrected chi connectivity index (χ2v) is 7.28. The number of thioether (sulfide) groups is 1. The first kappa shape index (κ1) is 15.2. The van der Waals surface area contributed by atoms with Gasteiger partial charge in [0.25, 0.3) is 0 Å². The molecule has 1 N–H and O–H groups in total. The van der Waals surface area contributed by atoms with Gasteiger partial charge in [0, 0.05) is 22.6 Å². The Kier molecular flexibility index (Phi) is 5.43. The minimum Gasteiger partial charge on any atom is -0.310 e. The summed E-state index contributed by atoms with van der Waals surface area (Å²) >= 11 is 2.04. The van der Waals surface area contributed by atoms with Crippen LogP contribution in [-0.4, -0.2) is 18.3 Å². The summed E-state index contributed by atoms with van der Waals surface area (Å²) in [5, 5.41) is 3.80. The van der Waals surface area contributed by atoms with Crippen molar-refractivity contribution in [3.8, 4) is 0 Å². The van der Waals surface area contributed by atoms with E-state index in [1.165, 1.54) is 49.2 Å². The second kappa shape index (κ2) is 7.51. The van der Waals surface area contributed by atoms with Gasteiger partial charge in [-0.15, -0.1) is 11.8 Å². The summed E-state index contributed by atoms with van der Waals surface area (Å²) in [6, 6.07) is 9.55. The highest BCUT2D eigenvalue weighted by atomic mass is 32.2. The quantitative estimate of drug-likeness (QED) is 0.773. The lowest BCUT2D eigenvalue weighted by Crippen LogP contribution is -2.37. The van der Waals surface area contributed by atoms with Crippen molar-refractivity contribution in [1.29, 1.82) is 0 Å². The lowest BCUT2D eigenvalue weighted by molar-refractivity contribution is 0.490. The van der Waals surface area contributed by atoms with E-state index >= 15 is 0 Å². The molecule has 2 aliphatic rings. The van der Waals surface area contributed by atoms with Gasteiger partial charge in [-0.05, 0) is 43.9 Å². The van der Waals surface area contributed by atoms with Crippen LogP contribution in [0.5, 0.6) is 0 Å². The van der Waals surface area contributed by atoms with Gasteiger partial charge in [-0.25, -0.2) is 0 Å². The molecule has 2 unspecified atom stereocenters. The van der Waals surface area contributed by atoms with Crippen LogP contribution in [0.25, 0.3) is 0 Å². The molecule has 2 heteroatoms. The van der Waals surface area contributed by atoms with Crippen molar-refractivity contribution < 1.29 is 0 Å². The van der Waals surface area contributed by atoms with Crippen molar-refractivity contribution in [1.82, 2.24) is 5.32 Å². The van der Waals surface area contributed by atoms with Gasteiger partial charge in [-0.2, -0.15) is 0 Å². The van der Waals surface area contributed by atoms with E-state index in [0.29, 0.717) is 12.0 Å². The van der Waals surface area contributed by atoms with Gasteiger partial charge in [0.1, 0.15) is 0 Å². The SMILES string of the molecule is CCNC(/C1=C/CCCCCC1)C1CSc2ccccc21. The van der Waals surface area contributed by atoms with Crippen LogP contribution in [0, 0.1) is 0 Å². The Balaban J connectivity index is 1.84. The lowest BCUT2D eigenvalue weighted by atomic mass is 9.84. The van der Waals surface area contributed by atoms with Crippen molar-refractivity contribution >= 4 is 11.8 Å². The van der Waals surface area contributed by atoms with Gasteiger partial charge in [-0.3, -0.25) is 0 Å². The number of hydrogen-bond acceptors (Lipinski definition) is 2. The highest BCUT2D eigenvalue weighted by Gasteiger charge is 2.31. The molecule has 1 aromatic carbocycles. The normalized spacial score (nSPS) is 26.3. The molecule has 21 heavy (non-hydrogen) atoms. The summed E-state index contributed by atoms with van der Waals surface area (Å²) in [6.07, 6.45) is 10.7. The van der Waals surface area contributed by atoms with Crippen molar-refractivity contribution in [2.75, 3.05) is 12.3 Å². The van der Waals surface area contributed by atoms with E-state index in [0.717, 1.165) is 6.54 Å². The van der Waals surface area contributed by atoms with Crippen LogP contribution in [0.15, 0.2) is 40.8 Å². The third-order valence-corrected chi connectivity index (χ3v) is 6.00. The molecule has 0 radical (unpaired) electrons. The van der Waals surface area contributed by atoms with Crippen LogP contribution in [0.1, 0.15) is 56.9 Å². The molecule has 1 aliphatic heterocycles. The Morgan fingerprint density at radius 2 is 2.05 bits per heavy atom. The van der Waals surface area contributed by atoms with E-state index in [2.05, 4.69) is 42.6 Å². The molecule has 3 rings (SSSR count). The smallest absolute Gasteiger partial charge is 0.0356 e. The molecule has 0 amide bonds. The Bertz CT molecular complexity index is 494. The average Bonchev–Trinajstić information content (AvgIpc) is 2.89. The molecular formula is C19H27NS. The lowest BCUT2D eigenvalue weighted by Gasteiger charge is -2.29. The van der Waals surface area contributed by atoms with E-state index in [9.17, 15) is 0 Å². The molecule has 0 spiro atoms. The minimum atomic E-state index is 0.546. The van der Waals surface area contributed by atoms with Crippen LogP contribution in [0.3, 0.4) is 0 Å². The summed E-state index contributed by atoms with van der Waals surface area (Å²) in [6.45, 7) is 3.30. The highest BCUT2D eigenvalue weighted by Crippen LogP contribution is 2.43. The first-order valence-corrected chi connectivity index (χ1v) is 9.52. The van der Waals surface area contributed by atoms with Gasteiger partial charge in [-0.1, -0.05) is 49.6 Å². The number of likely N-dealkylation sites (N-methyl/N-ethyl adjacent to an activating group) is 1. The topological polar surface area (TPSA) is 12.0 Å². The Hall–Kier alpha value is -0.730. The van der Waals surface area contributed by atoms with E-state index in [4.69, 9.17) is 0 Å². The van der Waals surface area contributed by atoms with Gasteiger partial charge in [0.15, 0.2) is 0 Å². The first-order valence-electron chi connectivity index (χ1n) is 8.54. The zero-order valence-electron chi connectivity index (χ0n) is 13.1.